The molecule has 0 unspecified atom stereocenters. The zero-order valence-corrected chi connectivity index (χ0v) is 22.6. The maximum absolute atomic E-state index is 13.0. The van der Waals surface area contributed by atoms with Gasteiger partial charge in [-0.25, -0.2) is 0 Å². The highest BCUT2D eigenvalue weighted by Crippen LogP contribution is 2.37. The molecule has 3 aromatic carbocycles. The van der Waals surface area contributed by atoms with E-state index in [-0.39, 0.29) is 6.42 Å². The van der Waals surface area contributed by atoms with Crippen LogP contribution < -0.4 is 0 Å². The molecule has 3 aromatic rings. The first-order valence-corrected chi connectivity index (χ1v) is 14.1. The maximum atomic E-state index is 13.0. The lowest BCUT2D eigenvalue weighted by molar-refractivity contribution is -0.138. The van der Waals surface area contributed by atoms with E-state index >= 15 is 0 Å². The van der Waals surface area contributed by atoms with E-state index in [0.717, 1.165) is 51.8 Å². The number of nitrogens with zero attached hydrogens (tertiary/aromatic N) is 1. The largest absolute Gasteiger partial charge is 0.481 e. The third-order valence-electron chi connectivity index (χ3n) is 6.34. The third-order valence-corrected chi connectivity index (χ3v) is 8.78. The highest BCUT2D eigenvalue weighted by atomic mass is 32.2. The summed E-state index contributed by atoms with van der Waals surface area (Å²) in [7, 11) is 0. The van der Waals surface area contributed by atoms with Crippen LogP contribution in [0.4, 0.5) is 13.2 Å². The number of aliphatic carboxylic acids is 1. The fraction of sp³-hybridized carbons (Fsp3) is 0.267. The second-order valence-corrected chi connectivity index (χ2v) is 11.2. The molecule has 0 aromatic heterocycles. The average Bonchev–Trinajstić information content (AvgIpc) is 2.90. The minimum absolute atomic E-state index is 0.105. The van der Waals surface area contributed by atoms with Crippen molar-refractivity contribution in [1.82, 2.24) is 0 Å². The van der Waals surface area contributed by atoms with E-state index in [0.29, 0.717) is 18.5 Å². The van der Waals surface area contributed by atoms with Crippen molar-refractivity contribution in [3.63, 3.8) is 0 Å². The number of alkyl halides is 3. The lowest BCUT2D eigenvalue weighted by atomic mass is 10.0. The Kier molecular flexibility index (Phi) is 9.39. The summed E-state index contributed by atoms with van der Waals surface area (Å²) in [6.45, 7) is 2.52. The van der Waals surface area contributed by atoms with Crippen LogP contribution >= 0.6 is 23.5 Å². The highest BCUT2D eigenvalue weighted by molar-refractivity contribution is 8.18. The minimum Gasteiger partial charge on any atom is -0.481 e. The molecule has 1 aliphatic heterocycles. The molecule has 0 bridgehead atoms. The van der Waals surface area contributed by atoms with Gasteiger partial charge < -0.3 is 5.11 Å². The Morgan fingerprint density at radius 2 is 1.74 bits per heavy atom. The lowest BCUT2D eigenvalue weighted by Crippen LogP contribution is -2.10. The van der Waals surface area contributed by atoms with Crippen LogP contribution in [0.5, 0.6) is 0 Å². The van der Waals surface area contributed by atoms with Gasteiger partial charge in [-0.05, 0) is 72.7 Å². The summed E-state index contributed by atoms with van der Waals surface area (Å²) < 4.78 is 39.1. The van der Waals surface area contributed by atoms with Crippen LogP contribution in [-0.2, 0) is 23.8 Å². The zero-order chi connectivity index (χ0) is 27.1. The Morgan fingerprint density at radius 1 is 1.00 bits per heavy atom. The summed E-state index contributed by atoms with van der Waals surface area (Å²) in [5, 5.41) is 9.71. The van der Waals surface area contributed by atoms with Crippen LogP contribution in [0, 0.1) is 6.92 Å². The molecule has 0 amide bonds. The number of thioether (sulfide) groups is 2. The van der Waals surface area contributed by atoms with Crippen LogP contribution in [0.1, 0.15) is 40.7 Å². The molecule has 198 valence electrons. The molecule has 0 atom stereocenters. The number of carbonyl (C=O) groups is 1. The number of hydrogen-bond donors (Lipinski definition) is 1. The Labute approximate surface area is 229 Å². The Hall–Kier alpha value is -2.97. The van der Waals surface area contributed by atoms with Gasteiger partial charge in [0.2, 0.25) is 0 Å². The van der Waals surface area contributed by atoms with Crippen molar-refractivity contribution in [2.75, 3.05) is 12.3 Å². The summed E-state index contributed by atoms with van der Waals surface area (Å²) in [6, 6.07) is 21.6. The number of halogens is 3. The van der Waals surface area contributed by atoms with E-state index in [2.05, 4.69) is 18.2 Å². The van der Waals surface area contributed by atoms with Crippen LogP contribution in [0.15, 0.2) is 93.2 Å². The molecule has 1 N–H and O–H groups in total. The molecule has 0 saturated carbocycles. The number of benzene rings is 3. The molecule has 0 fully saturated rings. The SMILES string of the molecule is Cc1cc(SCC2=C(CCc3ccccc3)CN=C(c3ccc(C(F)(F)F)cc3)S2)ccc1CCC(=O)O. The fourth-order valence-corrected chi connectivity index (χ4v) is 6.41. The monoisotopic (exact) mass is 555 g/mol. The smallest absolute Gasteiger partial charge is 0.416 e. The normalized spacial score (nSPS) is 13.9. The summed E-state index contributed by atoms with van der Waals surface area (Å²) in [5.41, 5.74) is 4.62. The van der Waals surface area contributed by atoms with Crippen molar-refractivity contribution >= 4 is 34.5 Å². The van der Waals surface area contributed by atoms with Gasteiger partial charge in [-0.2, -0.15) is 13.2 Å². The fourth-order valence-electron chi connectivity index (χ4n) is 4.15. The van der Waals surface area contributed by atoms with Crippen LogP contribution in [0.25, 0.3) is 0 Å². The van der Waals surface area contributed by atoms with E-state index in [1.807, 2.05) is 37.3 Å². The molecule has 4 rings (SSSR count). The molecule has 0 spiro atoms. The quantitative estimate of drug-likeness (QED) is 0.256. The topological polar surface area (TPSA) is 49.7 Å². The molecule has 1 aliphatic rings. The molecule has 0 aliphatic carbocycles. The van der Waals surface area contributed by atoms with E-state index in [9.17, 15) is 18.0 Å². The van der Waals surface area contributed by atoms with Crippen LogP contribution in [0.3, 0.4) is 0 Å². The highest BCUT2D eigenvalue weighted by Gasteiger charge is 2.30. The number of hydrogen-bond acceptors (Lipinski definition) is 4. The van der Waals surface area contributed by atoms with Gasteiger partial charge in [0.25, 0.3) is 0 Å². The standard InChI is InChI=1S/C30H28F3NO2S2/c1-20-17-26(15-11-22(20)12-16-28(35)36)37-19-27-24(8-7-21-5-3-2-4-6-21)18-34-29(38-27)23-9-13-25(14-10-23)30(31,32)33/h2-6,9-11,13-15,17H,7-8,12,16,18-19H2,1H3,(H,35,36). The third kappa shape index (κ3) is 7.77. The van der Waals surface area contributed by atoms with Crippen molar-refractivity contribution in [3.8, 4) is 0 Å². The van der Waals surface area contributed by atoms with E-state index in [1.54, 1.807) is 23.5 Å². The first-order valence-electron chi connectivity index (χ1n) is 12.3. The molecule has 0 saturated heterocycles. The predicted octanol–water partition coefficient (Wildman–Crippen LogP) is 8.20. The second kappa shape index (κ2) is 12.7. The van der Waals surface area contributed by atoms with Crippen molar-refractivity contribution < 1.29 is 23.1 Å². The Bertz CT molecular complexity index is 1330. The second-order valence-electron chi connectivity index (χ2n) is 9.08. The van der Waals surface area contributed by atoms with Gasteiger partial charge in [0.05, 0.1) is 12.1 Å². The van der Waals surface area contributed by atoms with Crippen molar-refractivity contribution in [1.29, 1.82) is 0 Å². The van der Waals surface area contributed by atoms with Crippen molar-refractivity contribution in [2.24, 2.45) is 4.99 Å². The van der Waals surface area contributed by atoms with Gasteiger partial charge >= 0.3 is 12.1 Å². The first-order chi connectivity index (χ1) is 18.2. The van der Waals surface area contributed by atoms with Crippen molar-refractivity contribution in [2.45, 2.75) is 43.7 Å². The number of carboxylic acids is 1. The maximum Gasteiger partial charge on any atom is 0.416 e. The predicted molar refractivity (Wildman–Crippen MR) is 150 cm³/mol. The van der Waals surface area contributed by atoms with Gasteiger partial charge in [-0.15, -0.1) is 11.8 Å². The summed E-state index contributed by atoms with van der Waals surface area (Å²) in [5.74, 6) is -0.0832. The van der Waals surface area contributed by atoms with Crippen LogP contribution in [-0.4, -0.2) is 28.4 Å². The molecule has 1 heterocycles. The molecular formula is C30H28F3NO2S2. The van der Waals surface area contributed by atoms with Crippen molar-refractivity contribution in [3.05, 3.63) is 111 Å². The zero-order valence-electron chi connectivity index (χ0n) is 20.9. The minimum atomic E-state index is -4.37. The van der Waals surface area contributed by atoms with Crippen LogP contribution in [0.2, 0.25) is 0 Å². The van der Waals surface area contributed by atoms with Gasteiger partial charge in [-0.3, -0.25) is 9.79 Å². The van der Waals surface area contributed by atoms with Gasteiger partial charge in [0.1, 0.15) is 5.04 Å². The molecule has 3 nitrogen and oxygen atoms in total. The van der Waals surface area contributed by atoms with E-state index < -0.39 is 17.7 Å². The van der Waals surface area contributed by atoms with E-state index in [1.165, 1.54) is 28.2 Å². The average molecular weight is 556 g/mol. The Balaban J connectivity index is 1.50. The summed E-state index contributed by atoms with van der Waals surface area (Å²) in [4.78, 5) is 17.9. The molecule has 0 radical (unpaired) electrons. The number of aryl methyl sites for hydroxylation is 3. The number of aliphatic imine (C=N–C) groups is 1. The summed E-state index contributed by atoms with van der Waals surface area (Å²) >= 11 is 3.25. The van der Waals surface area contributed by atoms with E-state index in [4.69, 9.17) is 10.1 Å². The number of rotatable bonds is 10. The molecule has 8 heteroatoms. The summed E-state index contributed by atoms with van der Waals surface area (Å²) in [6.07, 6.45) is -2.00. The van der Waals surface area contributed by atoms with Gasteiger partial charge in [0.15, 0.2) is 0 Å². The first kappa shape index (κ1) is 28.0. The van der Waals surface area contributed by atoms with Gasteiger partial charge in [0, 0.05) is 27.5 Å². The number of carboxylic acid groups (broad SMARTS) is 1. The molecular weight excluding hydrogens is 527 g/mol. The lowest BCUT2D eigenvalue weighted by Gasteiger charge is -2.21. The molecule has 38 heavy (non-hydrogen) atoms. The van der Waals surface area contributed by atoms with Gasteiger partial charge in [-0.1, -0.05) is 60.3 Å². The Morgan fingerprint density at radius 3 is 2.39 bits per heavy atom.